The maximum Gasteiger partial charge on any atom is 0.224 e. The zero-order valence-electron chi connectivity index (χ0n) is 15.2. The number of benzene rings is 2. The van der Waals surface area contributed by atoms with Crippen LogP contribution in [-0.2, 0) is 17.6 Å². The number of aryl methyl sites for hydroxylation is 1. The zero-order chi connectivity index (χ0) is 17.9. The molecule has 1 aromatic heterocycles. The van der Waals surface area contributed by atoms with Crippen LogP contribution in [0.5, 0.6) is 0 Å². The number of rotatable bonds is 6. The molecule has 3 aromatic rings. The van der Waals surface area contributed by atoms with Crippen molar-refractivity contribution in [3.63, 3.8) is 0 Å². The van der Waals surface area contributed by atoms with Gasteiger partial charge in [0.15, 0.2) is 0 Å². The second-order valence-corrected chi connectivity index (χ2v) is 6.93. The topological polar surface area (TPSA) is 48.1 Å². The number of nitrogens with zero attached hydrogens (tertiary/aromatic N) is 1. The minimum absolute atomic E-state index is 0.0887. The van der Waals surface area contributed by atoms with Crippen LogP contribution >= 0.6 is 0 Å². The number of para-hydroxylation sites is 1. The van der Waals surface area contributed by atoms with Crippen molar-refractivity contribution in [3.05, 3.63) is 59.8 Å². The summed E-state index contributed by atoms with van der Waals surface area (Å²) in [6.45, 7) is 4.26. The normalized spacial score (nSPS) is 13.2. The third-order valence-corrected chi connectivity index (χ3v) is 5.27. The largest absolute Gasteiger partial charge is 0.371 e. The number of aromatic amines is 1. The van der Waals surface area contributed by atoms with E-state index in [4.69, 9.17) is 0 Å². The number of anilines is 2. The maximum atomic E-state index is 12.3. The van der Waals surface area contributed by atoms with Gasteiger partial charge in [-0.3, -0.25) is 4.79 Å². The van der Waals surface area contributed by atoms with Gasteiger partial charge in [0.1, 0.15) is 0 Å². The lowest BCUT2D eigenvalue weighted by molar-refractivity contribution is -0.116. The van der Waals surface area contributed by atoms with Gasteiger partial charge in [0.05, 0.1) is 0 Å². The Morgan fingerprint density at radius 3 is 3.00 bits per heavy atom. The summed E-state index contributed by atoms with van der Waals surface area (Å²) in [6, 6.07) is 14.6. The van der Waals surface area contributed by atoms with Gasteiger partial charge in [-0.2, -0.15) is 0 Å². The van der Waals surface area contributed by atoms with Gasteiger partial charge in [-0.25, -0.2) is 0 Å². The highest BCUT2D eigenvalue weighted by molar-refractivity contribution is 5.91. The Kier molecular flexibility index (Phi) is 4.65. The predicted octanol–water partition coefficient (Wildman–Crippen LogP) is 4.51. The summed E-state index contributed by atoms with van der Waals surface area (Å²) in [5, 5.41) is 4.32. The van der Waals surface area contributed by atoms with E-state index < -0.39 is 0 Å². The van der Waals surface area contributed by atoms with E-state index in [1.807, 2.05) is 12.1 Å². The number of amides is 1. The Hall–Kier alpha value is -2.75. The van der Waals surface area contributed by atoms with Gasteiger partial charge in [0.2, 0.25) is 5.91 Å². The number of likely N-dealkylation sites (N-methyl/N-ethyl adjacent to an activating group) is 1. The predicted molar refractivity (Wildman–Crippen MR) is 108 cm³/mol. The van der Waals surface area contributed by atoms with Crippen LogP contribution in [-0.4, -0.2) is 24.0 Å². The molecule has 1 aliphatic heterocycles. The molecule has 4 rings (SSSR count). The second kappa shape index (κ2) is 7.24. The average Bonchev–Trinajstić information content (AvgIpc) is 3.25. The van der Waals surface area contributed by atoms with Crippen LogP contribution in [0.4, 0.5) is 11.4 Å². The van der Waals surface area contributed by atoms with E-state index in [1.54, 1.807) is 0 Å². The lowest BCUT2D eigenvalue weighted by atomic mass is 10.1. The highest BCUT2D eigenvalue weighted by atomic mass is 16.1. The smallest absolute Gasteiger partial charge is 0.224 e. The van der Waals surface area contributed by atoms with Gasteiger partial charge < -0.3 is 15.2 Å². The van der Waals surface area contributed by atoms with E-state index in [2.05, 4.69) is 58.7 Å². The molecule has 134 valence electrons. The van der Waals surface area contributed by atoms with Crippen LogP contribution < -0.4 is 10.2 Å². The Morgan fingerprint density at radius 2 is 2.12 bits per heavy atom. The first-order valence-corrected chi connectivity index (χ1v) is 9.47. The van der Waals surface area contributed by atoms with Crippen LogP contribution in [0.3, 0.4) is 0 Å². The van der Waals surface area contributed by atoms with Crippen LogP contribution in [0.15, 0.2) is 48.7 Å². The molecule has 4 nitrogen and oxygen atoms in total. The van der Waals surface area contributed by atoms with Gasteiger partial charge in [0, 0.05) is 48.0 Å². The van der Waals surface area contributed by atoms with E-state index in [0.717, 1.165) is 43.6 Å². The summed E-state index contributed by atoms with van der Waals surface area (Å²) < 4.78 is 0. The number of aromatic nitrogens is 1. The Bertz CT molecular complexity index is 928. The first-order valence-electron chi connectivity index (χ1n) is 9.47. The lowest BCUT2D eigenvalue weighted by Crippen LogP contribution is -2.19. The first-order chi connectivity index (χ1) is 12.7. The molecule has 0 aliphatic carbocycles. The standard InChI is InChI=1S/C22H25N3O/c1-2-25-13-12-16-10-11-18(14-21(16)25)24-22(26)9-5-6-17-15-23-20-8-4-3-7-19(17)20/h3-4,7-8,10-11,14-15,23H,2,5-6,9,12-13H2,1H3,(H,24,26). The number of H-pyrrole nitrogens is 1. The highest BCUT2D eigenvalue weighted by Gasteiger charge is 2.18. The molecule has 0 fully saturated rings. The number of carbonyl (C=O) groups excluding carboxylic acids is 1. The third-order valence-electron chi connectivity index (χ3n) is 5.27. The number of carbonyl (C=O) groups is 1. The average molecular weight is 347 g/mol. The quantitative estimate of drug-likeness (QED) is 0.689. The van der Waals surface area contributed by atoms with Crippen molar-refractivity contribution in [1.82, 2.24) is 4.98 Å². The molecular formula is C22H25N3O. The van der Waals surface area contributed by atoms with Crippen molar-refractivity contribution in [1.29, 1.82) is 0 Å². The summed E-state index contributed by atoms with van der Waals surface area (Å²) in [4.78, 5) is 18.0. The van der Waals surface area contributed by atoms with Gasteiger partial charge in [-0.1, -0.05) is 24.3 Å². The fraction of sp³-hybridized carbons (Fsp3) is 0.318. The molecule has 1 aliphatic rings. The summed E-state index contributed by atoms with van der Waals surface area (Å²) in [6.07, 6.45) is 5.45. The third kappa shape index (κ3) is 3.32. The minimum Gasteiger partial charge on any atom is -0.371 e. The summed E-state index contributed by atoms with van der Waals surface area (Å²) in [7, 11) is 0. The minimum atomic E-state index is 0.0887. The van der Waals surface area contributed by atoms with Gasteiger partial charge in [-0.15, -0.1) is 0 Å². The molecule has 0 bridgehead atoms. The number of hydrogen-bond donors (Lipinski definition) is 2. The fourth-order valence-electron chi connectivity index (χ4n) is 3.85. The molecule has 4 heteroatoms. The number of nitrogens with one attached hydrogen (secondary N) is 2. The summed E-state index contributed by atoms with van der Waals surface area (Å²) in [5.41, 5.74) is 5.99. The zero-order valence-corrected chi connectivity index (χ0v) is 15.2. The highest BCUT2D eigenvalue weighted by Crippen LogP contribution is 2.30. The molecule has 0 unspecified atom stereocenters. The molecule has 26 heavy (non-hydrogen) atoms. The molecular weight excluding hydrogens is 322 g/mol. The monoisotopic (exact) mass is 347 g/mol. The SMILES string of the molecule is CCN1CCc2ccc(NC(=O)CCCc3c[nH]c4ccccc34)cc21. The number of hydrogen-bond acceptors (Lipinski definition) is 2. The van der Waals surface area contributed by atoms with E-state index in [9.17, 15) is 4.79 Å². The van der Waals surface area contributed by atoms with Gasteiger partial charge in [0.25, 0.3) is 0 Å². The van der Waals surface area contributed by atoms with Crippen molar-refractivity contribution in [2.75, 3.05) is 23.3 Å². The van der Waals surface area contributed by atoms with Crippen LogP contribution in [0.1, 0.15) is 30.9 Å². The second-order valence-electron chi connectivity index (χ2n) is 6.93. The Morgan fingerprint density at radius 1 is 1.23 bits per heavy atom. The van der Waals surface area contributed by atoms with Crippen molar-refractivity contribution < 1.29 is 4.79 Å². The van der Waals surface area contributed by atoms with E-state index in [0.29, 0.717) is 6.42 Å². The van der Waals surface area contributed by atoms with Crippen LogP contribution in [0.2, 0.25) is 0 Å². The molecule has 2 aromatic carbocycles. The molecule has 2 heterocycles. The van der Waals surface area contributed by atoms with Crippen molar-refractivity contribution >= 4 is 28.2 Å². The summed E-state index contributed by atoms with van der Waals surface area (Å²) in [5.74, 6) is 0.0887. The fourth-order valence-corrected chi connectivity index (χ4v) is 3.85. The molecule has 0 radical (unpaired) electrons. The van der Waals surface area contributed by atoms with Crippen LogP contribution in [0.25, 0.3) is 10.9 Å². The lowest BCUT2D eigenvalue weighted by Gasteiger charge is -2.17. The van der Waals surface area contributed by atoms with E-state index in [1.165, 1.54) is 22.2 Å². The van der Waals surface area contributed by atoms with Crippen molar-refractivity contribution in [2.45, 2.75) is 32.6 Å². The molecule has 0 saturated heterocycles. The number of fused-ring (bicyclic) bond motifs is 2. The molecule has 0 atom stereocenters. The van der Waals surface area contributed by atoms with E-state index in [-0.39, 0.29) is 5.91 Å². The van der Waals surface area contributed by atoms with Gasteiger partial charge >= 0.3 is 0 Å². The Balaban J connectivity index is 1.33. The van der Waals surface area contributed by atoms with Gasteiger partial charge in [-0.05, 0) is 55.5 Å². The van der Waals surface area contributed by atoms with E-state index >= 15 is 0 Å². The summed E-state index contributed by atoms with van der Waals surface area (Å²) >= 11 is 0. The molecule has 2 N–H and O–H groups in total. The first kappa shape index (κ1) is 16.7. The molecule has 1 amide bonds. The molecule has 0 spiro atoms. The van der Waals surface area contributed by atoms with Crippen molar-refractivity contribution in [2.24, 2.45) is 0 Å². The molecule has 0 saturated carbocycles. The maximum absolute atomic E-state index is 12.3. The van der Waals surface area contributed by atoms with Crippen molar-refractivity contribution in [3.8, 4) is 0 Å². The Labute approximate surface area is 154 Å². The van der Waals surface area contributed by atoms with Crippen LogP contribution in [0, 0.1) is 0 Å².